The van der Waals surface area contributed by atoms with E-state index < -0.39 is 0 Å². The molecule has 0 bridgehead atoms. The summed E-state index contributed by atoms with van der Waals surface area (Å²) in [5.74, 6) is 1.84. The van der Waals surface area contributed by atoms with Crippen molar-refractivity contribution in [3.05, 3.63) is 40.0 Å². The number of ether oxygens (including phenoxy) is 1. The molecule has 0 radical (unpaired) electrons. The van der Waals surface area contributed by atoms with E-state index in [0.717, 1.165) is 64.4 Å². The summed E-state index contributed by atoms with van der Waals surface area (Å²) in [6.07, 6.45) is 5.99. The minimum Gasteiger partial charge on any atom is -0.495 e. The molecular weight excluding hydrogens is 410 g/mol. The minimum atomic E-state index is 0.0472. The van der Waals surface area contributed by atoms with Gasteiger partial charge in [-0.2, -0.15) is 0 Å². The number of carbonyl (C=O) groups excluding carboxylic acids is 1. The highest BCUT2D eigenvalue weighted by atomic mass is 32.1. The molecule has 1 aliphatic heterocycles. The molecule has 0 spiro atoms. The summed E-state index contributed by atoms with van der Waals surface area (Å²) < 4.78 is 5.62. The first-order valence-corrected chi connectivity index (χ1v) is 11.4. The standard InChI is InChI=1S/C23H25N5O2S/c1-4-28(2)23(29)13-5-6-16-19(9-13)31-22-20(16)21(25-12-26-22)27-17-7-14-10-24-11-15(14)8-18(17)30-3/h7-8,10,12-13H,4-6,9,11H2,1-3H3,(H,25,26,27)/t13-/m0/s1. The zero-order valence-electron chi connectivity index (χ0n) is 17.9. The Kier molecular flexibility index (Phi) is 5.09. The molecule has 3 heterocycles. The van der Waals surface area contributed by atoms with Gasteiger partial charge < -0.3 is 15.0 Å². The molecule has 7 nitrogen and oxygen atoms in total. The van der Waals surface area contributed by atoms with Crippen LogP contribution in [0.2, 0.25) is 0 Å². The summed E-state index contributed by atoms with van der Waals surface area (Å²) >= 11 is 1.68. The van der Waals surface area contributed by atoms with Crippen LogP contribution in [0.4, 0.5) is 11.5 Å². The molecule has 31 heavy (non-hydrogen) atoms. The van der Waals surface area contributed by atoms with Crippen LogP contribution < -0.4 is 10.1 Å². The predicted molar refractivity (Wildman–Crippen MR) is 124 cm³/mol. The fourth-order valence-corrected chi connectivity index (χ4v) is 5.68. The van der Waals surface area contributed by atoms with E-state index in [1.54, 1.807) is 24.8 Å². The number of nitrogens with one attached hydrogen (secondary N) is 1. The number of anilines is 2. The van der Waals surface area contributed by atoms with E-state index in [2.05, 4.69) is 26.3 Å². The van der Waals surface area contributed by atoms with Gasteiger partial charge in [-0.05, 0) is 55.0 Å². The SMILES string of the molecule is CCN(C)C(=O)[C@H]1CCc2c(sc3ncnc(Nc4cc5c(cc4OC)CN=C5)c23)C1. The first kappa shape index (κ1) is 19.9. The van der Waals surface area contributed by atoms with Gasteiger partial charge >= 0.3 is 0 Å². The van der Waals surface area contributed by atoms with Crippen molar-refractivity contribution in [2.75, 3.05) is 26.0 Å². The molecule has 0 unspecified atom stereocenters. The van der Waals surface area contributed by atoms with E-state index >= 15 is 0 Å². The monoisotopic (exact) mass is 435 g/mol. The molecule has 0 saturated heterocycles. The lowest BCUT2D eigenvalue weighted by atomic mass is 9.87. The number of aliphatic imine (C=N–C) groups is 1. The molecule has 3 aromatic rings. The van der Waals surface area contributed by atoms with Crippen LogP contribution in [0.3, 0.4) is 0 Å². The van der Waals surface area contributed by atoms with Crippen LogP contribution in [-0.2, 0) is 24.2 Å². The summed E-state index contributed by atoms with van der Waals surface area (Å²) in [5.41, 5.74) is 4.40. The summed E-state index contributed by atoms with van der Waals surface area (Å²) in [5, 5.41) is 4.55. The van der Waals surface area contributed by atoms with Crippen molar-refractivity contribution in [1.29, 1.82) is 0 Å². The van der Waals surface area contributed by atoms with Crippen molar-refractivity contribution in [2.45, 2.75) is 32.7 Å². The van der Waals surface area contributed by atoms with E-state index in [1.807, 2.05) is 31.2 Å². The number of thiophene rings is 1. The number of fused-ring (bicyclic) bond motifs is 4. The number of aromatic nitrogens is 2. The second-order valence-corrected chi connectivity index (χ2v) is 9.13. The Labute approximate surface area is 185 Å². The van der Waals surface area contributed by atoms with E-state index in [-0.39, 0.29) is 11.8 Å². The molecule has 1 N–H and O–H groups in total. The maximum Gasteiger partial charge on any atom is 0.225 e. The Morgan fingerprint density at radius 3 is 3.03 bits per heavy atom. The molecule has 1 aromatic carbocycles. The minimum absolute atomic E-state index is 0.0472. The Morgan fingerprint density at radius 1 is 1.35 bits per heavy atom. The van der Waals surface area contributed by atoms with Crippen LogP contribution in [0.1, 0.15) is 34.9 Å². The number of benzene rings is 1. The van der Waals surface area contributed by atoms with Crippen molar-refractivity contribution >= 4 is 45.2 Å². The number of amides is 1. The number of hydrogen-bond acceptors (Lipinski definition) is 7. The van der Waals surface area contributed by atoms with E-state index in [1.165, 1.54) is 10.4 Å². The van der Waals surface area contributed by atoms with Gasteiger partial charge in [0.1, 0.15) is 22.7 Å². The number of aryl methyl sites for hydroxylation is 1. The van der Waals surface area contributed by atoms with Crippen molar-refractivity contribution in [3.63, 3.8) is 0 Å². The second kappa shape index (κ2) is 7.92. The fourth-order valence-electron chi connectivity index (χ4n) is 4.42. The van der Waals surface area contributed by atoms with Crippen LogP contribution >= 0.6 is 11.3 Å². The van der Waals surface area contributed by atoms with Crippen molar-refractivity contribution in [1.82, 2.24) is 14.9 Å². The number of rotatable bonds is 5. The molecule has 0 saturated carbocycles. The lowest BCUT2D eigenvalue weighted by Gasteiger charge is -2.26. The lowest BCUT2D eigenvalue weighted by Crippen LogP contribution is -2.35. The molecule has 2 aliphatic rings. The lowest BCUT2D eigenvalue weighted by molar-refractivity contribution is -0.134. The molecule has 5 rings (SSSR count). The van der Waals surface area contributed by atoms with Gasteiger partial charge in [-0.15, -0.1) is 11.3 Å². The third kappa shape index (κ3) is 3.44. The smallest absolute Gasteiger partial charge is 0.225 e. The molecule has 1 atom stereocenters. The largest absolute Gasteiger partial charge is 0.495 e. The normalized spacial score (nSPS) is 16.8. The van der Waals surface area contributed by atoms with Crippen LogP contribution in [0.15, 0.2) is 23.5 Å². The molecule has 2 aromatic heterocycles. The molecular formula is C23H25N5O2S. The molecule has 1 amide bonds. The maximum absolute atomic E-state index is 12.7. The summed E-state index contributed by atoms with van der Waals surface area (Å²) in [4.78, 5) is 30.2. The van der Waals surface area contributed by atoms with Gasteiger partial charge in [-0.25, -0.2) is 9.97 Å². The Bertz CT molecular complexity index is 1200. The maximum atomic E-state index is 12.7. The molecule has 160 valence electrons. The van der Waals surface area contributed by atoms with Gasteiger partial charge in [-0.1, -0.05) is 0 Å². The van der Waals surface area contributed by atoms with Gasteiger partial charge in [0, 0.05) is 30.6 Å². The van der Waals surface area contributed by atoms with E-state index in [4.69, 9.17) is 4.74 Å². The Balaban J connectivity index is 1.51. The van der Waals surface area contributed by atoms with Crippen molar-refractivity contribution in [2.24, 2.45) is 10.9 Å². The van der Waals surface area contributed by atoms with Gasteiger partial charge in [-0.3, -0.25) is 9.79 Å². The molecule has 8 heteroatoms. The predicted octanol–water partition coefficient (Wildman–Crippen LogP) is 3.96. The summed E-state index contributed by atoms with van der Waals surface area (Å²) in [7, 11) is 3.56. The van der Waals surface area contributed by atoms with Gasteiger partial charge in [0.25, 0.3) is 0 Å². The molecule has 0 fully saturated rings. The van der Waals surface area contributed by atoms with Gasteiger partial charge in [0.2, 0.25) is 5.91 Å². The quantitative estimate of drug-likeness (QED) is 0.656. The second-order valence-electron chi connectivity index (χ2n) is 8.04. The zero-order chi connectivity index (χ0) is 21.5. The number of nitrogens with zero attached hydrogens (tertiary/aromatic N) is 4. The topological polar surface area (TPSA) is 79.7 Å². The van der Waals surface area contributed by atoms with Gasteiger partial charge in [0.05, 0.1) is 24.7 Å². The Hall–Kier alpha value is -3.00. The highest BCUT2D eigenvalue weighted by molar-refractivity contribution is 7.19. The number of hydrogen-bond donors (Lipinski definition) is 1. The fraction of sp³-hybridized carbons (Fsp3) is 0.391. The average Bonchev–Trinajstić information content (AvgIpc) is 3.40. The van der Waals surface area contributed by atoms with Gasteiger partial charge in [0.15, 0.2) is 0 Å². The third-order valence-electron chi connectivity index (χ3n) is 6.25. The van der Waals surface area contributed by atoms with Crippen LogP contribution in [0.25, 0.3) is 10.2 Å². The van der Waals surface area contributed by atoms with E-state index in [0.29, 0.717) is 6.54 Å². The van der Waals surface area contributed by atoms with Crippen molar-refractivity contribution in [3.8, 4) is 5.75 Å². The number of methoxy groups -OCH3 is 1. The van der Waals surface area contributed by atoms with Crippen LogP contribution in [0.5, 0.6) is 5.75 Å². The average molecular weight is 436 g/mol. The summed E-state index contributed by atoms with van der Waals surface area (Å²) in [6.45, 7) is 3.44. The highest BCUT2D eigenvalue weighted by Crippen LogP contribution is 2.42. The number of carbonyl (C=O) groups is 1. The first-order chi connectivity index (χ1) is 15.1. The zero-order valence-corrected chi connectivity index (χ0v) is 18.8. The molecule has 1 aliphatic carbocycles. The van der Waals surface area contributed by atoms with Crippen LogP contribution in [-0.4, -0.2) is 47.7 Å². The van der Waals surface area contributed by atoms with Crippen molar-refractivity contribution < 1.29 is 9.53 Å². The van der Waals surface area contributed by atoms with Crippen LogP contribution in [0, 0.1) is 5.92 Å². The highest BCUT2D eigenvalue weighted by Gasteiger charge is 2.30. The third-order valence-corrected chi connectivity index (χ3v) is 7.41. The first-order valence-electron chi connectivity index (χ1n) is 10.6. The Morgan fingerprint density at radius 2 is 2.23 bits per heavy atom. The van der Waals surface area contributed by atoms with E-state index in [9.17, 15) is 4.79 Å². The summed E-state index contributed by atoms with van der Waals surface area (Å²) in [6, 6.07) is 4.10.